The Kier molecular flexibility index (Phi) is 4.73. The molecular weight excluding hydrogens is 182 g/mol. The average Bonchev–Trinajstić information content (AvgIpc) is 2.19. The van der Waals surface area contributed by atoms with E-state index in [1.165, 1.54) is 0 Å². The molecule has 1 aliphatic heterocycles. The summed E-state index contributed by atoms with van der Waals surface area (Å²) < 4.78 is 0. The predicted molar refractivity (Wildman–Crippen MR) is 56.5 cm³/mol. The van der Waals surface area contributed by atoms with Crippen LogP contribution in [-0.4, -0.2) is 48.0 Å². The number of nitrogens with zero attached hydrogens (tertiary/aromatic N) is 3. The van der Waals surface area contributed by atoms with Crippen LogP contribution in [0.2, 0.25) is 0 Å². The third-order valence-corrected chi connectivity index (χ3v) is 2.62. The largest absolute Gasteiger partial charge is 0.366 e. The second kappa shape index (κ2) is 5.90. The Morgan fingerprint density at radius 3 is 2.54 bits per heavy atom. The summed E-state index contributed by atoms with van der Waals surface area (Å²) in [7, 11) is 0. The van der Waals surface area contributed by atoms with E-state index in [2.05, 4.69) is 15.9 Å². The van der Waals surface area contributed by atoms with Gasteiger partial charge in [-0.05, 0) is 13.0 Å². The number of thiocarbonyl (C=S) groups is 1. The molecule has 0 aromatic rings. The molecule has 0 bridgehead atoms. The van der Waals surface area contributed by atoms with E-state index in [0.717, 1.165) is 39.1 Å². The summed E-state index contributed by atoms with van der Waals surface area (Å²) in [4.78, 5) is 4.56. The first-order valence-corrected chi connectivity index (χ1v) is 5.12. The molecule has 0 amide bonds. The molecule has 1 rings (SSSR count). The molecule has 0 radical (unpaired) electrons. The number of unbranched alkanes of at least 4 members (excludes halogenated alkanes) is 1. The van der Waals surface area contributed by atoms with E-state index < -0.39 is 0 Å². The van der Waals surface area contributed by atoms with Gasteiger partial charge in [-0.3, -0.25) is 4.90 Å². The van der Waals surface area contributed by atoms with Gasteiger partial charge in [-0.15, -0.1) is 0 Å². The van der Waals surface area contributed by atoms with Crippen LogP contribution >= 0.6 is 12.2 Å². The third kappa shape index (κ3) is 3.71. The molecule has 13 heavy (non-hydrogen) atoms. The zero-order chi connectivity index (χ0) is 9.52. The highest BCUT2D eigenvalue weighted by Gasteiger charge is 2.13. The van der Waals surface area contributed by atoms with Crippen LogP contribution in [0.1, 0.15) is 12.8 Å². The zero-order valence-corrected chi connectivity index (χ0v) is 8.59. The quantitative estimate of drug-likeness (QED) is 0.494. The van der Waals surface area contributed by atoms with Crippen LogP contribution in [-0.2, 0) is 0 Å². The Labute approximate surface area is 84.9 Å². The van der Waals surface area contributed by atoms with E-state index >= 15 is 0 Å². The number of piperazine rings is 1. The molecule has 1 saturated heterocycles. The maximum atomic E-state index is 8.38. The molecule has 3 nitrogen and oxygen atoms in total. The van der Waals surface area contributed by atoms with Gasteiger partial charge in [0.2, 0.25) is 0 Å². The molecule has 4 heteroatoms. The van der Waals surface area contributed by atoms with E-state index in [-0.39, 0.29) is 0 Å². The first kappa shape index (κ1) is 10.4. The normalized spacial score (nSPS) is 18.2. The monoisotopic (exact) mass is 197 g/mol. The van der Waals surface area contributed by atoms with Gasteiger partial charge >= 0.3 is 0 Å². The van der Waals surface area contributed by atoms with Gasteiger partial charge in [-0.2, -0.15) is 5.26 Å². The molecule has 0 atom stereocenters. The standard InChI is InChI=1S/C9H15N3S/c10-3-1-2-4-11-5-7-12(9-13)8-6-11/h9H,1-2,4-8H2. The first-order valence-electron chi connectivity index (χ1n) is 4.65. The minimum absolute atomic E-state index is 0.674. The Hall–Kier alpha value is -0.660. The van der Waals surface area contributed by atoms with Crippen molar-refractivity contribution in [3.05, 3.63) is 0 Å². The fraction of sp³-hybridized carbons (Fsp3) is 0.778. The van der Waals surface area contributed by atoms with Crippen molar-refractivity contribution in [1.82, 2.24) is 9.80 Å². The maximum absolute atomic E-state index is 8.38. The Morgan fingerprint density at radius 1 is 1.31 bits per heavy atom. The van der Waals surface area contributed by atoms with Crippen molar-refractivity contribution in [2.24, 2.45) is 0 Å². The zero-order valence-electron chi connectivity index (χ0n) is 7.78. The highest BCUT2D eigenvalue weighted by Crippen LogP contribution is 2.01. The van der Waals surface area contributed by atoms with E-state index in [0.29, 0.717) is 6.42 Å². The summed E-state index contributed by atoms with van der Waals surface area (Å²) in [5.41, 5.74) is 1.74. The minimum atomic E-state index is 0.674. The topological polar surface area (TPSA) is 30.3 Å². The molecule has 72 valence electrons. The third-order valence-electron chi connectivity index (χ3n) is 2.32. The van der Waals surface area contributed by atoms with Crippen molar-refractivity contribution >= 4 is 17.7 Å². The SMILES string of the molecule is N#CCCCN1CCN(C=S)CC1. The van der Waals surface area contributed by atoms with Crippen molar-refractivity contribution in [3.8, 4) is 6.07 Å². The first-order chi connectivity index (χ1) is 6.36. The van der Waals surface area contributed by atoms with Crippen LogP contribution in [0.3, 0.4) is 0 Å². The predicted octanol–water partition coefficient (Wildman–Crippen LogP) is 0.865. The average molecular weight is 197 g/mol. The van der Waals surface area contributed by atoms with Gasteiger partial charge < -0.3 is 4.90 Å². The van der Waals surface area contributed by atoms with E-state index in [4.69, 9.17) is 17.5 Å². The summed E-state index contributed by atoms with van der Waals surface area (Å²) in [6.45, 7) is 5.29. The summed E-state index contributed by atoms with van der Waals surface area (Å²) in [6, 6.07) is 2.17. The highest BCUT2D eigenvalue weighted by atomic mass is 32.1. The van der Waals surface area contributed by atoms with Crippen LogP contribution in [0, 0.1) is 11.3 Å². The molecule has 0 spiro atoms. The highest BCUT2D eigenvalue weighted by molar-refractivity contribution is 7.78. The van der Waals surface area contributed by atoms with Gasteiger partial charge in [0.25, 0.3) is 0 Å². The molecule has 0 aromatic heterocycles. The van der Waals surface area contributed by atoms with Crippen LogP contribution in [0.25, 0.3) is 0 Å². The van der Waals surface area contributed by atoms with Crippen molar-refractivity contribution in [2.45, 2.75) is 12.8 Å². The molecule has 1 heterocycles. The maximum Gasteiger partial charge on any atom is 0.0641 e. The van der Waals surface area contributed by atoms with Gasteiger partial charge in [0.15, 0.2) is 0 Å². The van der Waals surface area contributed by atoms with Crippen molar-refractivity contribution in [1.29, 1.82) is 5.26 Å². The Morgan fingerprint density at radius 2 is 2.00 bits per heavy atom. The lowest BCUT2D eigenvalue weighted by molar-refractivity contribution is 0.185. The fourth-order valence-electron chi connectivity index (χ4n) is 1.47. The second-order valence-corrected chi connectivity index (χ2v) is 3.46. The molecule has 0 N–H and O–H groups in total. The van der Waals surface area contributed by atoms with Gasteiger partial charge in [-0.25, -0.2) is 0 Å². The van der Waals surface area contributed by atoms with E-state index in [1.807, 2.05) is 0 Å². The summed E-state index contributed by atoms with van der Waals surface area (Å²) in [5.74, 6) is 0. The van der Waals surface area contributed by atoms with Crippen molar-refractivity contribution in [3.63, 3.8) is 0 Å². The number of hydrogen-bond acceptors (Lipinski definition) is 3. The van der Waals surface area contributed by atoms with Gasteiger partial charge in [-0.1, -0.05) is 12.2 Å². The van der Waals surface area contributed by atoms with Gasteiger partial charge in [0, 0.05) is 32.6 Å². The minimum Gasteiger partial charge on any atom is -0.366 e. The lowest BCUT2D eigenvalue weighted by atomic mass is 10.2. The summed E-state index contributed by atoms with van der Waals surface area (Å²) in [6.07, 6.45) is 1.67. The summed E-state index contributed by atoms with van der Waals surface area (Å²) >= 11 is 4.86. The molecule has 0 unspecified atom stereocenters. The lowest BCUT2D eigenvalue weighted by Crippen LogP contribution is -2.45. The van der Waals surface area contributed by atoms with Gasteiger partial charge in [0.1, 0.15) is 0 Å². The van der Waals surface area contributed by atoms with E-state index in [1.54, 1.807) is 5.49 Å². The van der Waals surface area contributed by atoms with Crippen LogP contribution in [0.15, 0.2) is 0 Å². The molecular formula is C9H15N3S. The number of hydrogen-bond donors (Lipinski definition) is 0. The number of rotatable bonds is 4. The molecule has 1 fully saturated rings. The summed E-state index contributed by atoms with van der Waals surface area (Å²) in [5, 5.41) is 8.38. The Bertz CT molecular complexity index is 192. The van der Waals surface area contributed by atoms with Crippen LogP contribution in [0.4, 0.5) is 0 Å². The second-order valence-electron chi connectivity index (χ2n) is 3.24. The smallest absolute Gasteiger partial charge is 0.0641 e. The Balaban J connectivity index is 2.11. The van der Waals surface area contributed by atoms with Crippen molar-refractivity contribution in [2.75, 3.05) is 32.7 Å². The molecule has 0 aliphatic carbocycles. The van der Waals surface area contributed by atoms with Crippen LogP contribution < -0.4 is 0 Å². The number of nitriles is 1. The molecule has 0 aromatic carbocycles. The van der Waals surface area contributed by atoms with Crippen LogP contribution in [0.5, 0.6) is 0 Å². The fourth-order valence-corrected chi connectivity index (χ4v) is 1.68. The van der Waals surface area contributed by atoms with Gasteiger partial charge in [0.05, 0.1) is 11.6 Å². The lowest BCUT2D eigenvalue weighted by Gasteiger charge is -2.33. The van der Waals surface area contributed by atoms with Crippen molar-refractivity contribution < 1.29 is 0 Å². The molecule has 1 aliphatic rings. The molecule has 0 saturated carbocycles. The van der Waals surface area contributed by atoms with E-state index in [9.17, 15) is 0 Å².